The Balaban J connectivity index is 3.05. The standard InChI is InChI=1S/C12H19N3O2S/c1-5-9(6-16)15-11(17)10-7(2)13-8(3)14-12(10)18-4/h9,16H,5-6H2,1-4H3,(H,15,17). The van der Waals surface area contributed by atoms with Gasteiger partial charge in [0.15, 0.2) is 0 Å². The van der Waals surface area contributed by atoms with Crippen LogP contribution in [0, 0.1) is 13.8 Å². The summed E-state index contributed by atoms with van der Waals surface area (Å²) in [5.74, 6) is 0.431. The molecule has 0 spiro atoms. The lowest BCUT2D eigenvalue weighted by molar-refractivity contribution is 0.0910. The normalized spacial score (nSPS) is 12.3. The van der Waals surface area contributed by atoms with Crippen LogP contribution in [0.25, 0.3) is 0 Å². The summed E-state index contributed by atoms with van der Waals surface area (Å²) in [6.45, 7) is 5.44. The van der Waals surface area contributed by atoms with Crippen molar-refractivity contribution in [3.05, 3.63) is 17.1 Å². The van der Waals surface area contributed by atoms with E-state index < -0.39 is 0 Å². The molecule has 1 heterocycles. The summed E-state index contributed by atoms with van der Waals surface area (Å²) in [7, 11) is 0. The highest BCUT2D eigenvalue weighted by atomic mass is 32.2. The number of nitrogens with one attached hydrogen (secondary N) is 1. The van der Waals surface area contributed by atoms with Crippen LogP contribution in [0.15, 0.2) is 5.03 Å². The van der Waals surface area contributed by atoms with E-state index in [1.54, 1.807) is 13.8 Å². The third kappa shape index (κ3) is 3.43. The molecule has 6 heteroatoms. The number of aromatic nitrogens is 2. The molecule has 100 valence electrons. The minimum atomic E-state index is -0.229. The average molecular weight is 269 g/mol. The van der Waals surface area contributed by atoms with Gasteiger partial charge in [-0.15, -0.1) is 11.8 Å². The molecule has 1 atom stereocenters. The Kier molecular flexibility index (Phi) is 5.55. The van der Waals surface area contributed by atoms with Crippen molar-refractivity contribution < 1.29 is 9.90 Å². The van der Waals surface area contributed by atoms with Crippen molar-refractivity contribution in [2.24, 2.45) is 0 Å². The number of nitrogens with zero attached hydrogens (tertiary/aromatic N) is 2. The molecular formula is C12H19N3O2S. The highest BCUT2D eigenvalue weighted by Gasteiger charge is 2.19. The van der Waals surface area contributed by atoms with Crippen LogP contribution in [-0.2, 0) is 0 Å². The SMILES string of the molecule is CCC(CO)NC(=O)c1c(C)nc(C)nc1SC. The second kappa shape index (κ2) is 6.70. The largest absolute Gasteiger partial charge is 0.394 e. The average Bonchev–Trinajstić information content (AvgIpc) is 2.34. The third-order valence-corrected chi connectivity index (χ3v) is 3.32. The summed E-state index contributed by atoms with van der Waals surface area (Å²) in [5, 5.41) is 12.6. The highest BCUT2D eigenvalue weighted by Crippen LogP contribution is 2.20. The molecule has 0 bridgehead atoms. The number of carbonyl (C=O) groups excluding carboxylic acids is 1. The lowest BCUT2D eigenvalue weighted by Gasteiger charge is -2.16. The van der Waals surface area contributed by atoms with Crippen LogP contribution in [0.5, 0.6) is 0 Å². The molecule has 0 aromatic carbocycles. The highest BCUT2D eigenvalue weighted by molar-refractivity contribution is 7.98. The van der Waals surface area contributed by atoms with Gasteiger partial charge in [0.2, 0.25) is 0 Å². The van der Waals surface area contributed by atoms with Gasteiger partial charge in [-0.25, -0.2) is 9.97 Å². The van der Waals surface area contributed by atoms with Crippen molar-refractivity contribution >= 4 is 17.7 Å². The van der Waals surface area contributed by atoms with Crippen LogP contribution in [0.4, 0.5) is 0 Å². The molecule has 1 aromatic heterocycles. The van der Waals surface area contributed by atoms with Crippen LogP contribution < -0.4 is 5.32 Å². The molecule has 1 rings (SSSR count). The number of carbonyl (C=O) groups is 1. The molecule has 1 unspecified atom stereocenters. The van der Waals surface area contributed by atoms with E-state index in [2.05, 4.69) is 15.3 Å². The predicted octanol–water partition coefficient (Wildman–Crippen LogP) is 1.32. The first kappa shape index (κ1) is 14.9. The zero-order valence-electron chi connectivity index (χ0n) is 11.1. The van der Waals surface area contributed by atoms with E-state index >= 15 is 0 Å². The lowest BCUT2D eigenvalue weighted by Crippen LogP contribution is -2.37. The summed E-state index contributed by atoms with van der Waals surface area (Å²) in [4.78, 5) is 20.6. The van der Waals surface area contributed by atoms with Crippen molar-refractivity contribution in [3.63, 3.8) is 0 Å². The number of thioether (sulfide) groups is 1. The number of aliphatic hydroxyl groups excluding tert-OH is 1. The second-order valence-corrected chi connectivity index (χ2v) is 4.80. The van der Waals surface area contributed by atoms with E-state index in [1.807, 2.05) is 13.2 Å². The maximum atomic E-state index is 12.2. The summed E-state index contributed by atoms with van der Waals surface area (Å²) < 4.78 is 0. The first-order chi connectivity index (χ1) is 8.53. The molecular weight excluding hydrogens is 250 g/mol. The molecule has 2 N–H and O–H groups in total. The van der Waals surface area contributed by atoms with Gasteiger partial charge in [-0.2, -0.15) is 0 Å². The van der Waals surface area contributed by atoms with Crippen LogP contribution >= 0.6 is 11.8 Å². The second-order valence-electron chi connectivity index (χ2n) is 4.00. The maximum absolute atomic E-state index is 12.2. The number of hydrogen-bond donors (Lipinski definition) is 2. The Morgan fingerprint density at radius 3 is 2.61 bits per heavy atom. The van der Waals surface area contributed by atoms with Crippen LogP contribution in [-0.4, -0.2) is 39.9 Å². The fourth-order valence-electron chi connectivity index (χ4n) is 1.62. The van der Waals surface area contributed by atoms with Crippen LogP contribution in [0.2, 0.25) is 0 Å². The molecule has 0 aliphatic heterocycles. The van der Waals surface area contributed by atoms with Gasteiger partial charge in [-0.05, 0) is 26.5 Å². The molecule has 0 aliphatic carbocycles. The summed E-state index contributed by atoms with van der Waals surface area (Å²) in [6, 6.07) is -0.229. The maximum Gasteiger partial charge on any atom is 0.256 e. The summed E-state index contributed by atoms with van der Waals surface area (Å²) >= 11 is 1.42. The van der Waals surface area contributed by atoms with Gasteiger partial charge >= 0.3 is 0 Å². The van der Waals surface area contributed by atoms with Crippen molar-refractivity contribution in [2.75, 3.05) is 12.9 Å². The topological polar surface area (TPSA) is 75.1 Å². The summed E-state index contributed by atoms with van der Waals surface area (Å²) in [5.41, 5.74) is 1.16. The Hall–Kier alpha value is -1.14. The van der Waals surface area contributed by atoms with Crippen molar-refractivity contribution in [1.82, 2.24) is 15.3 Å². The Morgan fingerprint density at radius 1 is 1.44 bits per heavy atom. The first-order valence-corrected chi connectivity index (χ1v) is 7.06. The lowest BCUT2D eigenvalue weighted by atomic mass is 10.2. The van der Waals surface area contributed by atoms with Crippen LogP contribution in [0.3, 0.4) is 0 Å². The predicted molar refractivity (Wildman–Crippen MR) is 71.9 cm³/mol. The number of hydrogen-bond acceptors (Lipinski definition) is 5. The van der Waals surface area contributed by atoms with Gasteiger partial charge < -0.3 is 10.4 Å². The van der Waals surface area contributed by atoms with Crippen LogP contribution in [0.1, 0.15) is 35.2 Å². The fourth-order valence-corrected chi connectivity index (χ4v) is 2.29. The van der Waals surface area contributed by atoms with Gasteiger partial charge in [0.25, 0.3) is 5.91 Å². The quantitative estimate of drug-likeness (QED) is 0.623. The number of rotatable bonds is 5. The minimum absolute atomic E-state index is 0.0669. The van der Waals surface area contributed by atoms with E-state index in [-0.39, 0.29) is 18.6 Å². The monoisotopic (exact) mass is 269 g/mol. The van der Waals surface area contributed by atoms with E-state index in [4.69, 9.17) is 5.11 Å². The fraction of sp³-hybridized carbons (Fsp3) is 0.583. The van der Waals surface area contributed by atoms with Crippen molar-refractivity contribution in [3.8, 4) is 0 Å². The van der Waals surface area contributed by atoms with E-state index in [9.17, 15) is 4.79 Å². The smallest absolute Gasteiger partial charge is 0.256 e. The molecule has 0 radical (unpaired) electrons. The molecule has 0 aliphatic rings. The molecule has 1 aromatic rings. The minimum Gasteiger partial charge on any atom is -0.394 e. The van der Waals surface area contributed by atoms with Gasteiger partial charge in [0.1, 0.15) is 10.9 Å². The first-order valence-electron chi connectivity index (χ1n) is 5.84. The Bertz CT molecular complexity index is 434. The number of aliphatic hydroxyl groups is 1. The molecule has 0 fully saturated rings. The van der Waals surface area contributed by atoms with Gasteiger partial charge in [0.05, 0.1) is 23.9 Å². The molecule has 1 amide bonds. The molecule has 5 nitrogen and oxygen atoms in total. The Morgan fingerprint density at radius 2 is 2.11 bits per heavy atom. The van der Waals surface area contributed by atoms with E-state index in [0.717, 1.165) is 0 Å². The Labute approximate surface area is 111 Å². The summed E-state index contributed by atoms with van der Waals surface area (Å²) in [6.07, 6.45) is 2.56. The van der Waals surface area contributed by atoms with E-state index in [0.29, 0.717) is 28.5 Å². The van der Waals surface area contributed by atoms with E-state index in [1.165, 1.54) is 11.8 Å². The third-order valence-electron chi connectivity index (χ3n) is 2.64. The van der Waals surface area contributed by atoms with Gasteiger partial charge in [-0.1, -0.05) is 6.92 Å². The van der Waals surface area contributed by atoms with Crippen molar-refractivity contribution in [1.29, 1.82) is 0 Å². The van der Waals surface area contributed by atoms with Gasteiger partial charge in [0, 0.05) is 0 Å². The zero-order chi connectivity index (χ0) is 13.7. The zero-order valence-corrected chi connectivity index (χ0v) is 12.0. The number of aryl methyl sites for hydroxylation is 2. The van der Waals surface area contributed by atoms with Gasteiger partial charge in [-0.3, -0.25) is 4.79 Å². The molecule has 0 saturated heterocycles. The van der Waals surface area contributed by atoms with Crippen molar-refractivity contribution in [2.45, 2.75) is 38.3 Å². The number of amides is 1. The molecule has 18 heavy (non-hydrogen) atoms. The molecule has 0 saturated carbocycles.